The van der Waals surface area contributed by atoms with E-state index >= 15 is 0 Å². The summed E-state index contributed by atoms with van der Waals surface area (Å²) in [6, 6.07) is 23.2. The lowest BCUT2D eigenvalue weighted by atomic mass is 10.0. The van der Waals surface area contributed by atoms with E-state index in [0.717, 1.165) is 11.4 Å². The molecular weight excluding hydrogens is 454 g/mol. The third kappa shape index (κ3) is 4.39. The van der Waals surface area contributed by atoms with Crippen molar-refractivity contribution in [3.63, 3.8) is 0 Å². The van der Waals surface area contributed by atoms with E-state index in [0.29, 0.717) is 38.6 Å². The molecule has 0 unspecified atom stereocenters. The van der Waals surface area contributed by atoms with Gasteiger partial charge in [0.05, 0.1) is 5.69 Å². The first-order valence-corrected chi connectivity index (χ1v) is 11.3. The zero-order valence-corrected chi connectivity index (χ0v) is 19.7. The van der Waals surface area contributed by atoms with E-state index < -0.39 is 0 Å². The Morgan fingerprint density at radius 1 is 0.833 bits per heavy atom. The van der Waals surface area contributed by atoms with E-state index in [4.69, 9.17) is 0 Å². The largest absolute Gasteiger partial charge is 0.355 e. The summed E-state index contributed by atoms with van der Waals surface area (Å²) in [4.78, 5) is 46.3. The number of hydrogen-bond acceptors (Lipinski definition) is 5. The zero-order valence-electron chi connectivity index (χ0n) is 19.7. The summed E-state index contributed by atoms with van der Waals surface area (Å²) in [7, 11) is 3.37. The van der Waals surface area contributed by atoms with Crippen molar-refractivity contribution in [2.24, 2.45) is 0 Å². The number of aromatic amines is 1. The van der Waals surface area contributed by atoms with Gasteiger partial charge in [0.2, 0.25) is 0 Å². The fourth-order valence-corrected chi connectivity index (χ4v) is 4.03. The molecule has 0 atom stereocenters. The number of benzene rings is 3. The standard InChI is InChI=1S/C28H23N5O3/c1-33(2)28(36)18-8-13-21-22(16-18)24-23(14-15-29-25(24)32-27(21)35)30-19-9-11-20(12-10-19)31-26(34)17-6-4-3-5-7-17/h3-16H,1-2H3,(H,31,34)(H2,29,30,32,35). The monoisotopic (exact) mass is 477 g/mol. The van der Waals surface area contributed by atoms with E-state index in [1.54, 1.807) is 62.8 Å². The van der Waals surface area contributed by atoms with Gasteiger partial charge < -0.3 is 20.5 Å². The summed E-state index contributed by atoms with van der Waals surface area (Å²) in [6.07, 6.45) is 1.61. The summed E-state index contributed by atoms with van der Waals surface area (Å²) in [5, 5.41) is 8.05. The second-order valence-corrected chi connectivity index (χ2v) is 8.52. The van der Waals surface area contributed by atoms with Gasteiger partial charge in [0.15, 0.2) is 0 Å². The Kier molecular flexibility index (Phi) is 5.92. The van der Waals surface area contributed by atoms with Crippen LogP contribution >= 0.6 is 0 Å². The maximum atomic E-state index is 12.7. The number of fused-ring (bicyclic) bond motifs is 3. The van der Waals surface area contributed by atoms with Crippen LogP contribution in [0.25, 0.3) is 21.8 Å². The number of carbonyl (C=O) groups excluding carboxylic acids is 2. The van der Waals surface area contributed by atoms with Crippen LogP contribution in [0.2, 0.25) is 0 Å². The molecule has 2 amide bonds. The lowest BCUT2D eigenvalue weighted by molar-refractivity contribution is 0.0827. The first-order chi connectivity index (χ1) is 17.4. The van der Waals surface area contributed by atoms with Crippen LogP contribution in [0.3, 0.4) is 0 Å². The van der Waals surface area contributed by atoms with Crippen molar-refractivity contribution >= 4 is 50.7 Å². The summed E-state index contributed by atoms with van der Waals surface area (Å²) in [6.45, 7) is 0. The molecular formula is C28H23N5O3. The molecule has 0 aliphatic heterocycles. The molecule has 2 heterocycles. The van der Waals surface area contributed by atoms with Gasteiger partial charge in [0.1, 0.15) is 5.65 Å². The number of carbonyl (C=O) groups is 2. The lowest BCUT2D eigenvalue weighted by Gasteiger charge is -2.14. The molecule has 3 aromatic carbocycles. The van der Waals surface area contributed by atoms with Crippen molar-refractivity contribution in [3.8, 4) is 0 Å². The minimum atomic E-state index is -0.274. The number of nitrogens with zero attached hydrogens (tertiary/aromatic N) is 2. The molecule has 0 saturated carbocycles. The van der Waals surface area contributed by atoms with Crippen LogP contribution in [-0.4, -0.2) is 40.8 Å². The van der Waals surface area contributed by atoms with Crippen LogP contribution in [0.4, 0.5) is 17.1 Å². The van der Waals surface area contributed by atoms with Gasteiger partial charge in [-0.05, 0) is 60.7 Å². The van der Waals surface area contributed by atoms with Gasteiger partial charge in [-0.1, -0.05) is 18.2 Å². The highest BCUT2D eigenvalue weighted by Gasteiger charge is 2.15. The SMILES string of the molecule is CN(C)C(=O)c1ccc2c(=O)[nH]c3nccc(Nc4ccc(NC(=O)c5ccccc5)cc4)c3c2c1. The predicted molar refractivity (Wildman–Crippen MR) is 142 cm³/mol. The van der Waals surface area contributed by atoms with Crippen molar-refractivity contribution in [3.05, 3.63) is 107 Å². The minimum Gasteiger partial charge on any atom is -0.355 e. The average Bonchev–Trinajstić information content (AvgIpc) is 2.89. The zero-order chi connectivity index (χ0) is 25.2. The molecule has 0 aliphatic carbocycles. The lowest BCUT2D eigenvalue weighted by Crippen LogP contribution is -2.21. The first kappa shape index (κ1) is 22.8. The maximum absolute atomic E-state index is 12.7. The van der Waals surface area contributed by atoms with Gasteiger partial charge in [0.25, 0.3) is 17.4 Å². The van der Waals surface area contributed by atoms with Crippen molar-refractivity contribution in [1.82, 2.24) is 14.9 Å². The number of anilines is 3. The Bertz CT molecular complexity index is 1660. The van der Waals surface area contributed by atoms with Crippen molar-refractivity contribution in [1.29, 1.82) is 0 Å². The molecule has 0 fully saturated rings. The molecule has 8 heteroatoms. The van der Waals surface area contributed by atoms with Gasteiger partial charge in [-0.25, -0.2) is 4.98 Å². The molecule has 2 aromatic heterocycles. The van der Waals surface area contributed by atoms with E-state index in [1.165, 1.54) is 4.90 Å². The molecule has 8 nitrogen and oxygen atoms in total. The number of rotatable bonds is 5. The highest BCUT2D eigenvalue weighted by Crippen LogP contribution is 2.30. The summed E-state index contributed by atoms with van der Waals surface area (Å²) in [5.41, 5.74) is 3.36. The molecule has 5 aromatic rings. The number of amides is 2. The molecule has 0 saturated heterocycles. The summed E-state index contributed by atoms with van der Waals surface area (Å²) in [5.74, 6) is -0.341. The number of aromatic nitrogens is 2. The summed E-state index contributed by atoms with van der Waals surface area (Å²) >= 11 is 0. The second kappa shape index (κ2) is 9.34. The van der Waals surface area contributed by atoms with Gasteiger partial charge in [0, 0.05) is 59.0 Å². The van der Waals surface area contributed by atoms with Crippen molar-refractivity contribution < 1.29 is 9.59 Å². The van der Waals surface area contributed by atoms with Gasteiger partial charge >= 0.3 is 0 Å². The number of nitrogens with one attached hydrogen (secondary N) is 3. The molecule has 3 N–H and O–H groups in total. The highest BCUT2D eigenvalue weighted by atomic mass is 16.2. The van der Waals surface area contributed by atoms with E-state index in [2.05, 4.69) is 20.6 Å². The molecule has 0 bridgehead atoms. The number of hydrogen-bond donors (Lipinski definition) is 3. The Labute approximate surface area is 206 Å². The van der Waals surface area contributed by atoms with E-state index in [-0.39, 0.29) is 17.4 Å². The van der Waals surface area contributed by atoms with E-state index in [9.17, 15) is 14.4 Å². The average molecular weight is 478 g/mol. The third-order valence-electron chi connectivity index (χ3n) is 5.83. The first-order valence-electron chi connectivity index (χ1n) is 11.3. The molecule has 36 heavy (non-hydrogen) atoms. The highest BCUT2D eigenvalue weighted by molar-refractivity contribution is 6.13. The Morgan fingerprint density at radius 3 is 2.28 bits per heavy atom. The van der Waals surface area contributed by atoms with Crippen LogP contribution in [0, 0.1) is 0 Å². The Hall–Kier alpha value is -4.98. The van der Waals surface area contributed by atoms with Crippen molar-refractivity contribution in [2.45, 2.75) is 0 Å². The van der Waals surface area contributed by atoms with Crippen LogP contribution in [-0.2, 0) is 0 Å². The second-order valence-electron chi connectivity index (χ2n) is 8.52. The van der Waals surface area contributed by atoms with Gasteiger partial charge in [-0.15, -0.1) is 0 Å². The molecule has 5 rings (SSSR count). The van der Waals surface area contributed by atoms with Crippen LogP contribution in [0.1, 0.15) is 20.7 Å². The maximum Gasteiger partial charge on any atom is 0.257 e. The number of H-pyrrole nitrogens is 1. The van der Waals surface area contributed by atoms with Gasteiger partial charge in [-0.2, -0.15) is 0 Å². The smallest absolute Gasteiger partial charge is 0.257 e. The van der Waals surface area contributed by atoms with Crippen LogP contribution in [0.5, 0.6) is 0 Å². The Balaban J connectivity index is 1.50. The third-order valence-corrected chi connectivity index (χ3v) is 5.83. The van der Waals surface area contributed by atoms with Gasteiger partial charge in [-0.3, -0.25) is 14.4 Å². The molecule has 178 valence electrons. The molecule has 0 radical (unpaired) electrons. The normalized spacial score (nSPS) is 10.8. The topological polar surface area (TPSA) is 107 Å². The minimum absolute atomic E-state index is 0.156. The van der Waals surface area contributed by atoms with Crippen LogP contribution < -0.4 is 16.2 Å². The Morgan fingerprint density at radius 2 is 1.56 bits per heavy atom. The quantitative estimate of drug-likeness (QED) is 0.316. The summed E-state index contributed by atoms with van der Waals surface area (Å²) < 4.78 is 0. The van der Waals surface area contributed by atoms with E-state index in [1.807, 2.05) is 36.4 Å². The van der Waals surface area contributed by atoms with Crippen molar-refractivity contribution in [2.75, 3.05) is 24.7 Å². The molecule has 0 aliphatic rings. The fourth-order valence-electron chi connectivity index (χ4n) is 4.03. The predicted octanol–water partition coefficient (Wildman–Crippen LogP) is 4.77. The fraction of sp³-hybridized carbons (Fsp3) is 0.0714. The molecule has 0 spiro atoms. The number of pyridine rings is 2. The van der Waals surface area contributed by atoms with Crippen LogP contribution in [0.15, 0.2) is 89.9 Å².